The number of rotatable bonds is 6. The summed E-state index contributed by atoms with van der Waals surface area (Å²) < 4.78 is 5.09. The topological polar surface area (TPSA) is 26.0 Å². The van der Waals surface area contributed by atoms with E-state index >= 15 is 0 Å². The van der Waals surface area contributed by atoms with Crippen molar-refractivity contribution < 1.29 is 0 Å². The van der Waals surface area contributed by atoms with E-state index in [0.717, 1.165) is 22.4 Å². The van der Waals surface area contributed by atoms with E-state index in [1.165, 1.54) is 111 Å². The van der Waals surface area contributed by atoms with Crippen molar-refractivity contribution in [2.24, 2.45) is 0 Å². The number of fused-ring (bicyclic) bond motifs is 8. The number of imidazole rings is 1. The normalized spacial score (nSPS) is 13.7. The predicted octanol–water partition coefficient (Wildman–Crippen LogP) is 17.5. The molecule has 0 amide bonds. The van der Waals surface area contributed by atoms with Gasteiger partial charge in [-0.2, -0.15) is 0 Å². The number of nitrogens with zero attached hydrogens (tertiary/aromatic N) is 4. The van der Waals surface area contributed by atoms with Crippen LogP contribution in [0.2, 0.25) is 0 Å². The van der Waals surface area contributed by atoms with Gasteiger partial charge >= 0.3 is 0 Å². The first kappa shape index (κ1) is 49.8. The standard InChI is InChI=1S/C71H75BN4/c1-42(2)52-20-19-21-53(43(3)4)65(52)76-61-23-18-17-22-58(61)73-67(76)45-26-24-44(25-27-45)46-36-62-64-63(37-46)75-59-34-30-48(69(8,9)10)38-54(59)55-39-50(71(14,15)16)41-57(66(55)75)72(64)56-40-49(70(11,12)13)31-35-60(56)74(62)51-32-28-47(29-33-51)68(5,6)7/h17-43H,1-16H3. The number of hydrogen-bond acceptors (Lipinski definition) is 2. The summed E-state index contributed by atoms with van der Waals surface area (Å²) in [5, 5.41) is 2.65. The van der Waals surface area contributed by atoms with Crippen molar-refractivity contribution in [3.63, 3.8) is 0 Å². The minimum atomic E-state index is -0.0656. The molecule has 0 saturated heterocycles. The van der Waals surface area contributed by atoms with E-state index < -0.39 is 0 Å². The highest BCUT2D eigenvalue weighted by Gasteiger charge is 2.44. The van der Waals surface area contributed by atoms with E-state index in [1.807, 2.05) is 0 Å². The Morgan fingerprint density at radius 2 is 0.974 bits per heavy atom. The van der Waals surface area contributed by atoms with E-state index in [9.17, 15) is 0 Å². The van der Waals surface area contributed by atoms with Crippen LogP contribution in [0.4, 0.5) is 17.1 Å². The highest BCUT2D eigenvalue weighted by molar-refractivity contribution is 7.00. The lowest BCUT2D eigenvalue weighted by Crippen LogP contribution is -2.60. The first-order valence-corrected chi connectivity index (χ1v) is 28.0. The van der Waals surface area contributed by atoms with Gasteiger partial charge in [0.2, 0.25) is 0 Å². The zero-order valence-electron chi connectivity index (χ0n) is 48.0. The van der Waals surface area contributed by atoms with E-state index in [2.05, 4.69) is 276 Å². The molecule has 76 heavy (non-hydrogen) atoms. The Morgan fingerprint density at radius 3 is 1.61 bits per heavy atom. The van der Waals surface area contributed by atoms with Crippen LogP contribution in [-0.4, -0.2) is 20.8 Å². The summed E-state index contributed by atoms with van der Waals surface area (Å²) in [4.78, 5) is 8.02. The van der Waals surface area contributed by atoms with Gasteiger partial charge in [-0.1, -0.05) is 202 Å². The molecule has 5 heteroatoms. The van der Waals surface area contributed by atoms with Gasteiger partial charge in [-0.05, 0) is 155 Å². The van der Waals surface area contributed by atoms with Crippen LogP contribution in [0.3, 0.4) is 0 Å². The minimum Gasteiger partial charge on any atom is -0.311 e. The highest BCUT2D eigenvalue weighted by Crippen LogP contribution is 2.46. The first-order valence-electron chi connectivity index (χ1n) is 28.0. The molecule has 0 bridgehead atoms. The van der Waals surface area contributed by atoms with Crippen LogP contribution in [0.25, 0.3) is 66.7 Å². The molecule has 0 atom stereocenters. The van der Waals surface area contributed by atoms with Gasteiger partial charge in [0.25, 0.3) is 6.71 Å². The van der Waals surface area contributed by atoms with Gasteiger partial charge in [-0.15, -0.1) is 0 Å². The quantitative estimate of drug-likeness (QED) is 0.155. The molecule has 0 unspecified atom stereocenters. The van der Waals surface area contributed by atoms with Crippen molar-refractivity contribution in [2.45, 2.75) is 144 Å². The Hall–Kier alpha value is -7.11. The second-order valence-corrected chi connectivity index (χ2v) is 27.0. The zero-order chi connectivity index (χ0) is 53.7. The molecule has 2 aliphatic rings. The van der Waals surface area contributed by atoms with Gasteiger partial charge in [0.1, 0.15) is 5.82 Å². The number of aromatic nitrogens is 3. The molecule has 0 spiro atoms. The smallest absolute Gasteiger partial charge is 0.252 e. The monoisotopic (exact) mass is 995 g/mol. The minimum absolute atomic E-state index is 0.00460. The number of benzene rings is 8. The van der Waals surface area contributed by atoms with Crippen LogP contribution in [-0.2, 0) is 21.7 Å². The summed E-state index contributed by atoms with van der Waals surface area (Å²) in [7, 11) is 0. The SMILES string of the molecule is CC(C)c1cccc(C(C)C)c1-n1c(-c2ccc(-c3cc4c5c(c3)-n3c6ccc(C(C)(C)C)cc6c6cc(C(C)(C)C)cc(c63)B5c3cc(C(C)(C)C)ccc3N4c3ccc(C(C)(C)C)cc3)cc2)nc2ccccc21. The van der Waals surface area contributed by atoms with Gasteiger partial charge in [-0.25, -0.2) is 4.98 Å². The number of anilines is 3. The van der Waals surface area contributed by atoms with E-state index in [1.54, 1.807) is 0 Å². The molecule has 2 aliphatic heterocycles. The summed E-state index contributed by atoms with van der Waals surface area (Å²) in [5.74, 6) is 1.64. The molecule has 0 fully saturated rings. The fourth-order valence-electron chi connectivity index (χ4n) is 12.5. The highest BCUT2D eigenvalue weighted by atomic mass is 15.2. The molecule has 10 aromatic rings. The first-order chi connectivity index (χ1) is 35.9. The van der Waals surface area contributed by atoms with Crippen molar-refractivity contribution in [1.29, 1.82) is 0 Å². The van der Waals surface area contributed by atoms with Crippen LogP contribution < -0.4 is 21.3 Å². The summed E-state index contributed by atoms with van der Waals surface area (Å²) in [6.45, 7) is 37.3. The van der Waals surface area contributed by atoms with Gasteiger partial charge in [0.05, 0.1) is 22.2 Å². The van der Waals surface area contributed by atoms with Crippen molar-refractivity contribution in [3.05, 3.63) is 185 Å². The van der Waals surface area contributed by atoms with Gasteiger partial charge in [-0.3, -0.25) is 4.57 Å². The van der Waals surface area contributed by atoms with E-state index in [-0.39, 0.29) is 28.4 Å². The molecular formula is C71H75BN4. The molecular weight excluding hydrogens is 920 g/mol. The molecule has 12 rings (SSSR count). The molecule has 382 valence electrons. The van der Waals surface area contributed by atoms with Crippen molar-refractivity contribution in [1.82, 2.24) is 14.1 Å². The summed E-state index contributed by atoms with van der Waals surface area (Å²) >= 11 is 0. The Morgan fingerprint density at radius 1 is 0.421 bits per heavy atom. The van der Waals surface area contributed by atoms with E-state index in [0.29, 0.717) is 11.8 Å². The van der Waals surface area contributed by atoms with Crippen LogP contribution in [0.15, 0.2) is 152 Å². The second-order valence-electron chi connectivity index (χ2n) is 27.0. The largest absolute Gasteiger partial charge is 0.311 e. The molecule has 8 aromatic carbocycles. The summed E-state index contributed by atoms with van der Waals surface area (Å²) in [5.41, 5.74) is 26.3. The zero-order valence-corrected chi connectivity index (χ0v) is 48.0. The van der Waals surface area contributed by atoms with E-state index in [4.69, 9.17) is 4.98 Å². The lowest BCUT2D eigenvalue weighted by molar-refractivity contribution is 0.590. The van der Waals surface area contributed by atoms with Crippen LogP contribution >= 0.6 is 0 Å². The maximum absolute atomic E-state index is 5.43. The number of hydrogen-bond donors (Lipinski definition) is 0. The van der Waals surface area contributed by atoms with Crippen molar-refractivity contribution in [3.8, 4) is 33.9 Å². The Bertz CT molecular complexity index is 3940. The Labute approximate surface area is 452 Å². The molecule has 0 radical (unpaired) electrons. The van der Waals surface area contributed by atoms with Crippen LogP contribution in [0.5, 0.6) is 0 Å². The lowest BCUT2D eigenvalue weighted by Gasteiger charge is -2.41. The second kappa shape index (κ2) is 17.2. The molecule has 2 aromatic heterocycles. The van der Waals surface area contributed by atoms with Crippen LogP contribution in [0, 0.1) is 0 Å². The van der Waals surface area contributed by atoms with Gasteiger partial charge in [0.15, 0.2) is 0 Å². The maximum atomic E-state index is 5.43. The Kier molecular flexibility index (Phi) is 11.3. The summed E-state index contributed by atoms with van der Waals surface area (Å²) in [6, 6.07) is 58.9. The number of para-hydroxylation sites is 3. The van der Waals surface area contributed by atoms with Crippen molar-refractivity contribution in [2.75, 3.05) is 4.90 Å². The lowest BCUT2D eigenvalue weighted by atomic mass is 9.33. The van der Waals surface area contributed by atoms with Gasteiger partial charge in [0, 0.05) is 44.6 Å². The maximum Gasteiger partial charge on any atom is 0.252 e. The third-order valence-electron chi connectivity index (χ3n) is 16.9. The third-order valence-corrected chi connectivity index (χ3v) is 16.9. The molecule has 0 saturated carbocycles. The van der Waals surface area contributed by atoms with Gasteiger partial charge < -0.3 is 9.47 Å². The third kappa shape index (κ3) is 7.89. The fraction of sp³-hybridized carbons (Fsp3) is 0.310. The predicted molar refractivity (Wildman–Crippen MR) is 329 cm³/mol. The van der Waals surface area contributed by atoms with Crippen molar-refractivity contribution >= 4 is 73.0 Å². The molecule has 4 nitrogen and oxygen atoms in total. The molecule has 0 N–H and O–H groups in total. The fourth-order valence-corrected chi connectivity index (χ4v) is 12.5. The average molecular weight is 995 g/mol. The molecule has 4 heterocycles. The average Bonchev–Trinajstić information content (AvgIpc) is 4.06. The Balaban J connectivity index is 1.15. The summed E-state index contributed by atoms with van der Waals surface area (Å²) in [6.07, 6.45) is 0. The van der Waals surface area contributed by atoms with Crippen LogP contribution in [0.1, 0.15) is 156 Å². The molecule has 0 aliphatic carbocycles.